The van der Waals surface area contributed by atoms with Crippen LogP contribution in [0.3, 0.4) is 0 Å². The van der Waals surface area contributed by atoms with Crippen LogP contribution in [0, 0.1) is 0 Å². The first-order valence-electron chi connectivity index (χ1n) is 9.10. The van der Waals surface area contributed by atoms with Gasteiger partial charge >= 0.3 is 0 Å². The van der Waals surface area contributed by atoms with Crippen molar-refractivity contribution in [3.8, 4) is 11.5 Å². The second-order valence-corrected chi connectivity index (χ2v) is 6.53. The van der Waals surface area contributed by atoms with Gasteiger partial charge in [0.1, 0.15) is 11.5 Å². The highest BCUT2D eigenvalue weighted by molar-refractivity contribution is 5.93. The number of methoxy groups -OCH3 is 2. The zero-order valence-electron chi connectivity index (χ0n) is 15.9. The number of hydrogen-bond acceptors (Lipinski definition) is 6. The molecule has 1 saturated heterocycles. The number of benzene rings is 1. The van der Waals surface area contributed by atoms with Crippen LogP contribution in [0.4, 0.5) is 5.69 Å². The molecule has 2 heterocycles. The summed E-state index contributed by atoms with van der Waals surface area (Å²) in [5, 5.41) is 2.93. The summed E-state index contributed by atoms with van der Waals surface area (Å²) in [6.07, 6.45) is 5.62. The second kappa shape index (κ2) is 9.38. The average Bonchev–Trinajstić information content (AvgIpc) is 3.21. The number of nitrogens with zero attached hydrogens (tertiary/aromatic N) is 4. The number of amides is 1. The molecule has 1 aromatic heterocycles. The zero-order chi connectivity index (χ0) is 19.1. The fraction of sp³-hybridized carbons (Fsp3) is 0.474. The summed E-state index contributed by atoms with van der Waals surface area (Å²) in [4.78, 5) is 21.1. The molecule has 0 atom stereocenters. The normalized spacial score (nSPS) is 15.5. The molecular formula is C19H27N5O3. The molecule has 1 N–H and O–H groups in total. The highest BCUT2D eigenvalue weighted by atomic mass is 16.5. The van der Waals surface area contributed by atoms with Crippen LogP contribution in [-0.2, 0) is 11.3 Å². The molecular weight excluding hydrogens is 346 g/mol. The van der Waals surface area contributed by atoms with Crippen molar-refractivity contribution in [2.45, 2.75) is 6.54 Å². The Labute approximate surface area is 159 Å². The van der Waals surface area contributed by atoms with E-state index in [2.05, 4.69) is 24.7 Å². The van der Waals surface area contributed by atoms with Gasteiger partial charge in [0, 0.05) is 57.7 Å². The van der Waals surface area contributed by atoms with E-state index in [0.717, 1.165) is 39.3 Å². The lowest BCUT2D eigenvalue weighted by molar-refractivity contribution is -0.117. The van der Waals surface area contributed by atoms with Gasteiger partial charge in [-0.25, -0.2) is 4.98 Å². The molecule has 3 rings (SSSR count). The third kappa shape index (κ3) is 5.45. The predicted octanol–water partition coefficient (Wildman–Crippen LogP) is 1.16. The average molecular weight is 373 g/mol. The molecule has 0 spiro atoms. The number of rotatable bonds is 8. The Morgan fingerprint density at radius 2 is 1.89 bits per heavy atom. The van der Waals surface area contributed by atoms with E-state index in [1.54, 1.807) is 38.6 Å². The summed E-state index contributed by atoms with van der Waals surface area (Å²) in [7, 11) is 3.18. The maximum absolute atomic E-state index is 12.4. The van der Waals surface area contributed by atoms with Crippen molar-refractivity contribution in [3.63, 3.8) is 0 Å². The van der Waals surface area contributed by atoms with Crippen molar-refractivity contribution in [2.24, 2.45) is 0 Å². The summed E-state index contributed by atoms with van der Waals surface area (Å²) >= 11 is 0. The molecule has 0 unspecified atom stereocenters. The highest BCUT2D eigenvalue weighted by Crippen LogP contribution is 2.28. The van der Waals surface area contributed by atoms with Gasteiger partial charge in [0.15, 0.2) is 0 Å². The minimum absolute atomic E-state index is 0.0367. The molecule has 1 fully saturated rings. The number of piperazine rings is 1. The van der Waals surface area contributed by atoms with Crippen LogP contribution in [-0.4, -0.2) is 78.7 Å². The van der Waals surface area contributed by atoms with Gasteiger partial charge in [-0.1, -0.05) is 0 Å². The standard InChI is InChI=1S/C19H27N5O3/c1-26-16-3-4-17(18(13-16)27-2)21-19(25)14-23-10-7-22(8-11-23)9-12-24-6-5-20-15-24/h3-6,13,15H,7-12,14H2,1-2H3,(H,21,25). The number of carbonyl (C=O) groups is 1. The molecule has 1 aromatic carbocycles. The monoisotopic (exact) mass is 373 g/mol. The third-order valence-electron chi connectivity index (χ3n) is 4.75. The van der Waals surface area contributed by atoms with Gasteiger partial charge in [0.25, 0.3) is 0 Å². The third-order valence-corrected chi connectivity index (χ3v) is 4.75. The van der Waals surface area contributed by atoms with Gasteiger partial charge < -0.3 is 19.4 Å². The molecule has 146 valence electrons. The second-order valence-electron chi connectivity index (χ2n) is 6.53. The first kappa shape index (κ1) is 19.2. The lowest BCUT2D eigenvalue weighted by atomic mass is 10.2. The van der Waals surface area contributed by atoms with Gasteiger partial charge in [-0.2, -0.15) is 0 Å². The van der Waals surface area contributed by atoms with Gasteiger partial charge in [0.05, 0.1) is 32.8 Å². The molecule has 1 amide bonds. The molecule has 0 aliphatic carbocycles. The van der Waals surface area contributed by atoms with E-state index in [4.69, 9.17) is 9.47 Å². The quantitative estimate of drug-likeness (QED) is 0.749. The van der Waals surface area contributed by atoms with Crippen LogP contribution in [0.25, 0.3) is 0 Å². The number of hydrogen-bond donors (Lipinski definition) is 1. The summed E-state index contributed by atoms with van der Waals surface area (Å²) in [6.45, 7) is 6.03. The summed E-state index contributed by atoms with van der Waals surface area (Å²) < 4.78 is 12.6. The number of imidazole rings is 1. The van der Waals surface area contributed by atoms with Crippen molar-refractivity contribution in [1.29, 1.82) is 0 Å². The molecule has 0 radical (unpaired) electrons. The smallest absolute Gasteiger partial charge is 0.238 e. The largest absolute Gasteiger partial charge is 0.497 e. The van der Waals surface area contributed by atoms with E-state index in [1.807, 2.05) is 12.5 Å². The fourth-order valence-electron chi connectivity index (χ4n) is 3.14. The van der Waals surface area contributed by atoms with Crippen LogP contribution in [0.1, 0.15) is 0 Å². The number of carbonyl (C=O) groups excluding carboxylic acids is 1. The topological polar surface area (TPSA) is 71.9 Å². The molecule has 8 nitrogen and oxygen atoms in total. The van der Waals surface area contributed by atoms with E-state index in [0.29, 0.717) is 23.7 Å². The lowest BCUT2D eigenvalue weighted by Gasteiger charge is -2.34. The first-order chi connectivity index (χ1) is 13.2. The Morgan fingerprint density at radius 3 is 2.56 bits per heavy atom. The van der Waals surface area contributed by atoms with Crippen molar-refractivity contribution in [2.75, 3.05) is 58.8 Å². The minimum Gasteiger partial charge on any atom is -0.497 e. The van der Waals surface area contributed by atoms with Crippen molar-refractivity contribution in [3.05, 3.63) is 36.9 Å². The number of ether oxygens (including phenoxy) is 2. The maximum Gasteiger partial charge on any atom is 0.238 e. The van der Waals surface area contributed by atoms with Crippen LogP contribution in [0.15, 0.2) is 36.9 Å². The Hall–Kier alpha value is -2.58. The molecule has 27 heavy (non-hydrogen) atoms. The Kier molecular flexibility index (Phi) is 6.67. The van der Waals surface area contributed by atoms with Gasteiger partial charge in [-0.05, 0) is 12.1 Å². The molecule has 8 heteroatoms. The number of aromatic nitrogens is 2. The van der Waals surface area contributed by atoms with Crippen molar-refractivity contribution < 1.29 is 14.3 Å². The van der Waals surface area contributed by atoms with E-state index in [-0.39, 0.29) is 5.91 Å². The maximum atomic E-state index is 12.4. The van der Waals surface area contributed by atoms with Gasteiger partial charge in [0.2, 0.25) is 5.91 Å². The molecule has 0 saturated carbocycles. The fourth-order valence-corrected chi connectivity index (χ4v) is 3.14. The van der Waals surface area contributed by atoms with Crippen LogP contribution in [0.5, 0.6) is 11.5 Å². The van der Waals surface area contributed by atoms with Crippen LogP contribution >= 0.6 is 0 Å². The Balaban J connectivity index is 1.43. The lowest BCUT2D eigenvalue weighted by Crippen LogP contribution is -2.49. The van der Waals surface area contributed by atoms with Gasteiger partial charge in [-0.3, -0.25) is 14.6 Å². The summed E-state index contributed by atoms with van der Waals surface area (Å²) in [5.74, 6) is 1.24. The van der Waals surface area contributed by atoms with Crippen LogP contribution in [0.2, 0.25) is 0 Å². The van der Waals surface area contributed by atoms with Crippen molar-refractivity contribution >= 4 is 11.6 Å². The highest BCUT2D eigenvalue weighted by Gasteiger charge is 2.19. The molecule has 2 aromatic rings. The Bertz CT molecular complexity index is 727. The number of nitrogens with one attached hydrogen (secondary N) is 1. The molecule has 1 aliphatic rings. The van der Waals surface area contributed by atoms with E-state index >= 15 is 0 Å². The zero-order valence-corrected chi connectivity index (χ0v) is 15.9. The van der Waals surface area contributed by atoms with Crippen LogP contribution < -0.4 is 14.8 Å². The van der Waals surface area contributed by atoms with Gasteiger partial charge in [-0.15, -0.1) is 0 Å². The Morgan fingerprint density at radius 1 is 1.11 bits per heavy atom. The predicted molar refractivity (Wildman–Crippen MR) is 103 cm³/mol. The summed E-state index contributed by atoms with van der Waals surface area (Å²) in [5.41, 5.74) is 0.655. The van der Waals surface area contributed by atoms with E-state index in [9.17, 15) is 4.79 Å². The molecule has 1 aliphatic heterocycles. The summed E-state index contributed by atoms with van der Waals surface area (Å²) in [6, 6.07) is 5.36. The SMILES string of the molecule is COc1ccc(NC(=O)CN2CCN(CCn3ccnc3)CC2)c(OC)c1. The van der Waals surface area contributed by atoms with E-state index in [1.165, 1.54) is 0 Å². The van der Waals surface area contributed by atoms with Crippen molar-refractivity contribution in [1.82, 2.24) is 19.4 Å². The molecule has 0 bridgehead atoms. The number of anilines is 1. The minimum atomic E-state index is -0.0367. The first-order valence-corrected chi connectivity index (χ1v) is 9.10. The van der Waals surface area contributed by atoms with E-state index < -0.39 is 0 Å².